The van der Waals surface area contributed by atoms with Gasteiger partial charge in [-0.1, -0.05) is 60.7 Å². The highest BCUT2D eigenvalue weighted by atomic mass is 127. The smallest absolute Gasteiger partial charge is 0.284 e. The first kappa shape index (κ1) is 23.5. The van der Waals surface area contributed by atoms with Crippen LogP contribution < -0.4 is 16.4 Å². The number of aliphatic imine (C=N–C) groups is 1. The van der Waals surface area contributed by atoms with Crippen LogP contribution in [0.5, 0.6) is 0 Å². The van der Waals surface area contributed by atoms with Gasteiger partial charge >= 0.3 is 0 Å². The molecule has 0 aliphatic heterocycles. The zero-order valence-corrected chi connectivity index (χ0v) is 19.2. The molecule has 0 aliphatic carbocycles. The van der Waals surface area contributed by atoms with Crippen molar-refractivity contribution in [1.29, 1.82) is 0 Å². The van der Waals surface area contributed by atoms with Gasteiger partial charge in [-0.3, -0.25) is 9.79 Å². The maximum absolute atomic E-state index is 11.1. The summed E-state index contributed by atoms with van der Waals surface area (Å²) in [6.07, 6.45) is 0.926. The van der Waals surface area contributed by atoms with Crippen molar-refractivity contribution in [2.24, 2.45) is 10.7 Å². The Kier molecular flexibility index (Phi) is 9.40. The van der Waals surface area contributed by atoms with Crippen molar-refractivity contribution in [3.8, 4) is 0 Å². The third kappa shape index (κ3) is 6.91. The van der Waals surface area contributed by atoms with Gasteiger partial charge in [0.25, 0.3) is 5.91 Å². The number of rotatable bonds is 8. The van der Waals surface area contributed by atoms with Gasteiger partial charge in [-0.25, -0.2) is 0 Å². The molecule has 0 aliphatic rings. The number of hydrogen-bond acceptors (Lipinski definition) is 3. The molecule has 7 heteroatoms. The predicted molar refractivity (Wildman–Crippen MR) is 130 cm³/mol. The van der Waals surface area contributed by atoms with E-state index < -0.39 is 5.91 Å². The molecule has 6 nitrogen and oxygen atoms in total. The van der Waals surface area contributed by atoms with Crippen LogP contribution in [0.25, 0.3) is 0 Å². The fourth-order valence-electron chi connectivity index (χ4n) is 3.15. The molecule has 158 valence electrons. The molecule has 1 heterocycles. The lowest BCUT2D eigenvalue weighted by Gasteiger charge is -2.20. The van der Waals surface area contributed by atoms with Crippen LogP contribution in [0.4, 0.5) is 0 Å². The van der Waals surface area contributed by atoms with Gasteiger partial charge in [0.05, 0.1) is 6.54 Å². The maximum Gasteiger partial charge on any atom is 0.284 e. The van der Waals surface area contributed by atoms with Crippen LogP contribution in [0.3, 0.4) is 0 Å². The molecule has 1 atom stereocenters. The number of nitrogens with zero attached hydrogens (tertiary/aromatic N) is 1. The molecule has 1 aromatic heterocycles. The molecule has 0 radical (unpaired) electrons. The molecule has 3 rings (SSSR count). The number of benzene rings is 2. The number of guanidine groups is 1. The minimum atomic E-state index is -0.578. The fraction of sp³-hybridized carbons (Fsp3) is 0.217. The SMILES string of the molecule is CN=C(NCc1ccc(C(N)=O)o1)NCC(Cc1ccccc1)c1ccccc1.I. The summed E-state index contributed by atoms with van der Waals surface area (Å²) in [5.41, 5.74) is 7.79. The van der Waals surface area contributed by atoms with Crippen molar-refractivity contribution < 1.29 is 9.21 Å². The first-order valence-corrected chi connectivity index (χ1v) is 9.57. The van der Waals surface area contributed by atoms with E-state index in [9.17, 15) is 4.79 Å². The summed E-state index contributed by atoms with van der Waals surface area (Å²) in [6.45, 7) is 1.13. The zero-order valence-electron chi connectivity index (χ0n) is 16.9. The lowest BCUT2D eigenvalue weighted by molar-refractivity contribution is 0.0972. The number of furan rings is 1. The molecule has 1 amide bonds. The lowest BCUT2D eigenvalue weighted by Crippen LogP contribution is -2.39. The van der Waals surface area contributed by atoms with Gasteiger partial charge in [0, 0.05) is 19.5 Å². The van der Waals surface area contributed by atoms with Gasteiger partial charge in [0.15, 0.2) is 11.7 Å². The number of carbonyl (C=O) groups is 1. The molecule has 0 saturated heterocycles. The van der Waals surface area contributed by atoms with Crippen LogP contribution in [-0.4, -0.2) is 25.5 Å². The minimum Gasteiger partial charge on any atom is -0.454 e. The van der Waals surface area contributed by atoms with Gasteiger partial charge < -0.3 is 20.8 Å². The molecule has 0 fully saturated rings. The Labute approximate surface area is 194 Å². The topological polar surface area (TPSA) is 92.6 Å². The Hall–Kier alpha value is -2.81. The average molecular weight is 518 g/mol. The number of hydrogen-bond donors (Lipinski definition) is 3. The van der Waals surface area contributed by atoms with E-state index in [0.717, 1.165) is 13.0 Å². The Morgan fingerprint density at radius 3 is 2.27 bits per heavy atom. The largest absolute Gasteiger partial charge is 0.454 e. The van der Waals surface area contributed by atoms with E-state index in [4.69, 9.17) is 10.2 Å². The van der Waals surface area contributed by atoms with E-state index in [-0.39, 0.29) is 29.7 Å². The summed E-state index contributed by atoms with van der Waals surface area (Å²) in [4.78, 5) is 15.4. The molecule has 1 unspecified atom stereocenters. The Morgan fingerprint density at radius 2 is 1.67 bits per heavy atom. The van der Waals surface area contributed by atoms with E-state index in [1.54, 1.807) is 19.2 Å². The molecule has 0 spiro atoms. The van der Waals surface area contributed by atoms with Crippen LogP contribution in [0.15, 0.2) is 82.2 Å². The summed E-state index contributed by atoms with van der Waals surface area (Å²) in [5.74, 6) is 1.14. The third-order valence-corrected chi connectivity index (χ3v) is 4.67. The normalized spacial score (nSPS) is 12.0. The summed E-state index contributed by atoms with van der Waals surface area (Å²) in [7, 11) is 1.72. The van der Waals surface area contributed by atoms with Crippen molar-refractivity contribution >= 4 is 35.8 Å². The highest BCUT2D eigenvalue weighted by Gasteiger charge is 2.14. The van der Waals surface area contributed by atoms with Crippen molar-refractivity contribution in [3.63, 3.8) is 0 Å². The standard InChI is InChI=1S/C23H26N4O2.HI/c1-25-23(27-16-20-12-13-21(29-20)22(24)28)26-15-19(18-10-6-3-7-11-18)14-17-8-4-2-5-9-17;/h2-13,19H,14-16H2,1H3,(H2,24,28)(H2,25,26,27);1H. The third-order valence-electron chi connectivity index (χ3n) is 4.67. The van der Waals surface area contributed by atoms with E-state index in [0.29, 0.717) is 24.2 Å². The zero-order chi connectivity index (χ0) is 20.5. The first-order chi connectivity index (χ1) is 14.2. The minimum absolute atomic E-state index is 0. The van der Waals surface area contributed by atoms with Crippen molar-refractivity contribution in [1.82, 2.24) is 10.6 Å². The molecule has 0 bridgehead atoms. The van der Waals surface area contributed by atoms with Crippen LogP contribution in [0.1, 0.15) is 33.4 Å². The summed E-state index contributed by atoms with van der Waals surface area (Å²) < 4.78 is 5.39. The second-order valence-corrected chi connectivity index (χ2v) is 6.73. The number of carbonyl (C=O) groups excluding carboxylic acids is 1. The van der Waals surface area contributed by atoms with Gasteiger partial charge in [-0.15, -0.1) is 24.0 Å². The van der Waals surface area contributed by atoms with Crippen molar-refractivity contribution in [2.75, 3.05) is 13.6 Å². The van der Waals surface area contributed by atoms with E-state index in [1.165, 1.54) is 11.1 Å². The van der Waals surface area contributed by atoms with Gasteiger partial charge in [-0.05, 0) is 29.7 Å². The number of primary amides is 1. The molecule has 30 heavy (non-hydrogen) atoms. The monoisotopic (exact) mass is 518 g/mol. The quantitative estimate of drug-likeness (QED) is 0.241. The number of halogens is 1. The van der Waals surface area contributed by atoms with Crippen LogP contribution >= 0.6 is 24.0 Å². The molecule has 2 aromatic carbocycles. The number of amides is 1. The van der Waals surface area contributed by atoms with Crippen molar-refractivity contribution in [3.05, 3.63) is 95.4 Å². The molecule has 4 N–H and O–H groups in total. The Balaban J connectivity index is 0.00000320. The maximum atomic E-state index is 11.1. The predicted octanol–water partition coefficient (Wildman–Crippen LogP) is 3.69. The molecule has 3 aromatic rings. The lowest BCUT2D eigenvalue weighted by atomic mass is 9.92. The van der Waals surface area contributed by atoms with E-state index >= 15 is 0 Å². The van der Waals surface area contributed by atoms with Gasteiger partial charge in [-0.2, -0.15) is 0 Å². The highest BCUT2D eigenvalue weighted by Crippen LogP contribution is 2.20. The highest BCUT2D eigenvalue weighted by molar-refractivity contribution is 14.0. The molecule has 0 saturated carbocycles. The second kappa shape index (κ2) is 12.0. The van der Waals surface area contributed by atoms with Crippen LogP contribution in [-0.2, 0) is 13.0 Å². The number of nitrogens with two attached hydrogens (primary N) is 1. The summed E-state index contributed by atoms with van der Waals surface area (Å²) >= 11 is 0. The van der Waals surface area contributed by atoms with Gasteiger partial charge in [0.1, 0.15) is 5.76 Å². The van der Waals surface area contributed by atoms with Crippen LogP contribution in [0, 0.1) is 0 Å². The first-order valence-electron chi connectivity index (χ1n) is 9.57. The van der Waals surface area contributed by atoms with E-state index in [2.05, 4.69) is 64.2 Å². The average Bonchev–Trinajstić information content (AvgIpc) is 3.24. The second-order valence-electron chi connectivity index (χ2n) is 6.73. The number of nitrogens with one attached hydrogen (secondary N) is 2. The Morgan fingerprint density at radius 1 is 1.00 bits per heavy atom. The summed E-state index contributed by atoms with van der Waals surface area (Å²) in [5, 5.41) is 6.60. The molecular weight excluding hydrogens is 491 g/mol. The fourth-order valence-corrected chi connectivity index (χ4v) is 3.15. The summed E-state index contributed by atoms with van der Waals surface area (Å²) in [6, 6.07) is 24.2. The van der Waals surface area contributed by atoms with Gasteiger partial charge in [0.2, 0.25) is 0 Å². The van der Waals surface area contributed by atoms with Crippen molar-refractivity contribution in [2.45, 2.75) is 18.9 Å². The Bertz CT molecular complexity index is 942. The molecular formula is C23H27IN4O2. The van der Waals surface area contributed by atoms with Crippen LogP contribution in [0.2, 0.25) is 0 Å². The van der Waals surface area contributed by atoms with E-state index in [1.807, 2.05) is 12.1 Å².